The van der Waals surface area contributed by atoms with Crippen molar-refractivity contribution in [3.8, 4) is 0 Å². The fraction of sp³-hybridized carbons (Fsp3) is 0.222. The molecule has 0 aromatic carbocycles. The van der Waals surface area contributed by atoms with Gasteiger partial charge in [0, 0.05) is 18.6 Å². The van der Waals surface area contributed by atoms with E-state index in [1.54, 1.807) is 23.7 Å². The normalized spacial score (nSPS) is 10.2. The Morgan fingerprint density at radius 2 is 2.53 bits per heavy atom. The molecule has 0 spiro atoms. The van der Waals surface area contributed by atoms with Gasteiger partial charge in [0.2, 0.25) is 0 Å². The predicted molar refractivity (Wildman–Crippen MR) is 56.5 cm³/mol. The lowest BCUT2D eigenvalue weighted by Crippen LogP contribution is -2.25. The molecule has 0 aliphatic rings. The summed E-state index contributed by atoms with van der Waals surface area (Å²) in [4.78, 5) is 17.5. The summed E-state index contributed by atoms with van der Waals surface area (Å²) in [6.07, 6.45) is 3.10. The topological polar surface area (TPSA) is 61.9 Å². The Balaban J connectivity index is 2.03. The quantitative estimate of drug-likeness (QED) is 0.847. The van der Waals surface area contributed by atoms with Gasteiger partial charge in [0.25, 0.3) is 5.91 Å². The highest BCUT2D eigenvalue weighted by Crippen LogP contribution is 2.07. The highest BCUT2D eigenvalue weighted by Gasteiger charge is 2.13. The molecule has 6 heteroatoms. The van der Waals surface area contributed by atoms with Gasteiger partial charge in [-0.05, 0) is 0 Å². The van der Waals surface area contributed by atoms with Crippen LogP contribution in [0.2, 0.25) is 0 Å². The van der Waals surface area contributed by atoms with Gasteiger partial charge in [0.15, 0.2) is 0 Å². The summed E-state index contributed by atoms with van der Waals surface area (Å²) >= 11 is 1.52. The third-order valence-corrected chi connectivity index (χ3v) is 2.61. The molecule has 2 aromatic heterocycles. The lowest BCUT2D eigenvalue weighted by atomic mass is 10.3. The summed E-state index contributed by atoms with van der Waals surface area (Å²) in [5.74, 6) is -0.0586. The first-order valence-electron chi connectivity index (χ1n) is 4.38. The molecule has 5 nitrogen and oxygen atoms in total. The van der Waals surface area contributed by atoms with Crippen molar-refractivity contribution in [3.05, 3.63) is 34.5 Å². The lowest BCUT2D eigenvalue weighted by molar-refractivity contribution is 0.0783. The van der Waals surface area contributed by atoms with E-state index in [1.165, 1.54) is 17.5 Å². The van der Waals surface area contributed by atoms with Gasteiger partial charge in [-0.15, -0.1) is 11.3 Å². The Morgan fingerprint density at radius 1 is 1.67 bits per heavy atom. The minimum absolute atomic E-state index is 0.0586. The van der Waals surface area contributed by atoms with Crippen LogP contribution >= 0.6 is 11.3 Å². The van der Waals surface area contributed by atoms with Gasteiger partial charge in [-0.3, -0.25) is 9.89 Å². The van der Waals surface area contributed by atoms with Gasteiger partial charge in [-0.2, -0.15) is 5.10 Å². The number of hydrogen-bond donors (Lipinski definition) is 1. The van der Waals surface area contributed by atoms with Crippen LogP contribution in [0.4, 0.5) is 0 Å². The third kappa shape index (κ3) is 2.21. The molecule has 0 fully saturated rings. The number of carbonyl (C=O) groups is 1. The first kappa shape index (κ1) is 9.85. The number of nitrogens with one attached hydrogen (secondary N) is 1. The van der Waals surface area contributed by atoms with E-state index in [0.29, 0.717) is 12.1 Å². The van der Waals surface area contributed by atoms with Crippen molar-refractivity contribution in [1.82, 2.24) is 20.1 Å². The molecule has 0 bridgehead atoms. The highest BCUT2D eigenvalue weighted by molar-refractivity contribution is 7.07. The van der Waals surface area contributed by atoms with Crippen molar-refractivity contribution in [2.75, 3.05) is 7.05 Å². The highest BCUT2D eigenvalue weighted by atomic mass is 32.1. The Hall–Kier alpha value is -1.69. The summed E-state index contributed by atoms with van der Waals surface area (Å²) in [7, 11) is 1.74. The second-order valence-corrected chi connectivity index (χ2v) is 3.85. The van der Waals surface area contributed by atoms with Crippen LogP contribution in [0.5, 0.6) is 0 Å². The predicted octanol–water partition coefficient (Wildman–Crippen LogP) is 1.14. The molecule has 0 unspecified atom stereocenters. The average Bonchev–Trinajstić information content (AvgIpc) is 2.88. The first-order chi connectivity index (χ1) is 7.27. The van der Waals surface area contributed by atoms with Crippen molar-refractivity contribution < 1.29 is 4.79 Å². The molecule has 0 saturated heterocycles. The van der Waals surface area contributed by atoms with Crippen LogP contribution in [-0.2, 0) is 6.54 Å². The number of H-pyrrole nitrogens is 1. The third-order valence-electron chi connectivity index (χ3n) is 1.97. The van der Waals surface area contributed by atoms with E-state index in [2.05, 4.69) is 15.2 Å². The van der Waals surface area contributed by atoms with E-state index in [-0.39, 0.29) is 5.91 Å². The summed E-state index contributed by atoms with van der Waals surface area (Å²) in [5, 5.41) is 8.28. The molecule has 0 aliphatic heterocycles. The molecule has 15 heavy (non-hydrogen) atoms. The number of carbonyl (C=O) groups excluding carboxylic acids is 1. The van der Waals surface area contributed by atoms with E-state index >= 15 is 0 Å². The van der Waals surface area contributed by atoms with E-state index in [0.717, 1.165) is 5.69 Å². The Morgan fingerprint density at radius 3 is 3.13 bits per heavy atom. The van der Waals surface area contributed by atoms with Gasteiger partial charge in [0.1, 0.15) is 0 Å². The Kier molecular flexibility index (Phi) is 2.77. The van der Waals surface area contributed by atoms with Crippen LogP contribution in [0.25, 0.3) is 0 Å². The van der Waals surface area contributed by atoms with Crippen LogP contribution in [0.3, 0.4) is 0 Å². The van der Waals surface area contributed by atoms with Crippen LogP contribution in [0.15, 0.2) is 23.3 Å². The van der Waals surface area contributed by atoms with Gasteiger partial charge >= 0.3 is 0 Å². The Bertz CT molecular complexity index is 423. The number of hydrogen-bond acceptors (Lipinski definition) is 4. The fourth-order valence-electron chi connectivity index (χ4n) is 1.22. The summed E-state index contributed by atoms with van der Waals surface area (Å²) in [5.41, 5.74) is 3.22. The Labute approximate surface area is 90.8 Å². The number of amides is 1. The van der Waals surface area contributed by atoms with E-state index in [9.17, 15) is 4.79 Å². The first-order valence-corrected chi connectivity index (χ1v) is 5.33. The molecule has 2 rings (SSSR count). The number of rotatable bonds is 3. The summed E-state index contributed by atoms with van der Waals surface area (Å²) in [6.45, 7) is 0.521. The number of thiazole rings is 1. The maximum atomic E-state index is 11.8. The summed E-state index contributed by atoms with van der Waals surface area (Å²) in [6, 6.07) is 0. The molecule has 1 amide bonds. The van der Waals surface area contributed by atoms with E-state index in [4.69, 9.17) is 0 Å². The second-order valence-electron chi connectivity index (χ2n) is 3.13. The fourth-order valence-corrected chi connectivity index (χ4v) is 1.77. The summed E-state index contributed by atoms with van der Waals surface area (Å²) < 4.78 is 0. The molecule has 0 atom stereocenters. The molecule has 0 aliphatic carbocycles. The van der Waals surface area contributed by atoms with E-state index < -0.39 is 0 Å². The zero-order valence-corrected chi connectivity index (χ0v) is 8.99. The standard InChI is InChI=1S/C9H10N4OS/c1-13(4-8-5-15-6-10-8)9(14)7-2-11-12-3-7/h2-3,5-6H,4H2,1H3,(H,11,12). The van der Waals surface area contributed by atoms with Crippen LogP contribution < -0.4 is 0 Å². The smallest absolute Gasteiger partial charge is 0.257 e. The van der Waals surface area contributed by atoms with Crippen LogP contribution in [0, 0.1) is 0 Å². The lowest BCUT2D eigenvalue weighted by Gasteiger charge is -2.14. The molecule has 2 heterocycles. The minimum atomic E-state index is -0.0586. The monoisotopic (exact) mass is 222 g/mol. The van der Waals surface area contributed by atoms with Gasteiger partial charge in [-0.25, -0.2) is 4.98 Å². The number of nitrogens with zero attached hydrogens (tertiary/aromatic N) is 3. The van der Waals surface area contributed by atoms with Gasteiger partial charge in [-0.1, -0.05) is 0 Å². The van der Waals surface area contributed by atoms with Crippen LogP contribution in [0.1, 0.15) is 16.1 Å². The largest absolute Gasteiger partial charge is 0.336 e. The zero-order valence-electron chi connectivity index (χ0n) is 8.17. The maximum Gasteiger partial charge on any atom is 0.257 e. The van der Waals surface area contributed by atoms with Gasteiger partial charge in [0.05, 0.1) is 29.5 Å². The van der Waals surface area contributed by atoms with Crippen molar-refractivity contribution in [1.29, 1.82) is 0 Å². The van der Waals surface area contributed by atoms with E-state index in [1.807, 2.05) is 5.38 Å². The minimum Gasteiger partial charge on any atom is -0.336 e. The molecule has 0 radical (unpaired) electrons. The SMILES string of the molecule is CN(Cc1cscn1)C(=O)c1cn[nH]c1. The molecule has 78 valence electrons. The van der Waals surface area contributed by atoms with Crippen molar-refractivity contribution in [3.63, 3.8) is 0 Å². The molecule has 2 aromatic rings. The second kappa shape index (κ2) is 4.22. The van der Waals surface area contributed by atoms with Crippen LogP contribution in [-0.4, -0.2) is 33.0 Å². The van der Waals surface area contributed by atoms with Crippen molar-refractivity contribution >= 4 is 17.2 Å². The molecule has 1 N–H and O–H groups in total. The molecule has 0 saturated carbocycles. The van der Waals surface area contributed by atoms with Gasteiger partial charge < -0.3 is 4.90 Å². The number of aromatic nitrogens is 3. The average molecular weight is 222 g/mol. The zero-order chi connectivity index (χ0) is 10.7. The van der Waals surface area contributed by atoms with Crippen molar-refractivity contribution in [2.24, 2.45) is 0 Å². The molecular weight excluding hydrogens is 212 g/mol. The van der Waals surface area contributed by atoms with Crippen molar-refractivity contribution in [2.45, 2.75) is 6.54 Å². The molecular formula is C9H10N4OS. The number of aromatic amines is 1. The maximum absolute atomic E-state index is 11.8.